The van der Waals surface area contributed by atoms with E-state index >= 15 is 0 Å². The second-order valence-electron chi connectivity index (χ2n) is 4.27. The molecule has 2 N–H and O–H groups in total. The summed E-state index contributed by atoms with van der Waals surface area (Å²) in [5.41, 5.74) is 6.30. The molecule has 110 valence electrons. The van der Waals surface area contributed by atoms with Gasteiger partial charge in [-0.2, -0.15) is 0 Å². The van der Waals surface area contributed by atoms with E-state index in [-0.39, 0.29) is 29.2 Å². The number of methoxy groups -OCH3 is 1. The van der Waals surface area contributed by atoms with Gasteiger partial charge < -0.3 is 15.2 Å². The first kappa shape index (κ1) is 14.8. The molecule has 2 aromatic rings. The van der Waals surface area contributed by atoms with Crippen molar-refractivity contribution in [2.24, 2.45) is 0 Å². The number of benzene rings is 2. The summed E-state index contributed by atoms with van der Waals surface area (Å²) in [6.45, 7) is -0.210. The minimum Gasteiger partial charge on any atom is -0.487 e. The molecule has 0 amide bonds. The molecule has 2 rings (SSSR count). The maximum atomic E-state index is 13.5. The molecule has 0 fully saturated rings. The number of hydrogen-bond acceptors (Lipinski definition) is 4. The zero-order valence-electron chi connectivity index (χ0n) is 11.2. The molecule has 21 heavy (non-hydrogen) atoms. The molecule has 4 nitrogen and oxygen atoms in total. The van der Waals surface area contributed by atoms with E-state index in [2.05, 4.69) is 4.74 Å². The van der Waals surface area contributed by atoms with Crippen molar-refractivity contribution in [2.45, 2.75) is 6.61 Å². The van der Waals surface area contributed by atoms with Crippen LogP contribution in [0.25, 0.3) is 0 Å². The Hall–Kier alpha value is -2.63. The summed E-state index contributed by atoms with van der Waals surface area (Å²) in [5, 5.41) is 0. The van der Waals surface area contributed by atoms with E-state index < -0.39 is 17.6 Å². The van der Waals surface area contributed by atoms with Gasteiger partial charge in [-0.1, -0.05) is 0 Å². The van der Waals surface area contributed by atoms with Crippen LogP contribution in [-0.2, 0) is 11.3 Å². The smallest absolute Gasteiger partial charge is 0.337 e. The van der Waals surface area contributed by atoms with E-state index in [1.165, 1.54) is 25.3 Å². The number of carbonyl (C=O) groups is 1. The highest BCUT2D eigenvalue weighted by Gasteiger charge is 2.11. The van der Waals surface area contributed by atoms with Crippen LogP contribution >= 0.6 is 0 Å². The van der Waals surface area contributed by atoms with Crippen molar-refractivity contribution in [3.63, 3.8) is 0 Å². The quantitative estimate of drug-likeness (QED) is 0.695. The van der Waals surface area contributed by atoms with Gasteiger partial charge in [0.25, 0.3) is 0 Å². The van der Waals surface area contributed by atoms with Crippen LogP contribution in [0.3, 0.4) is 0 Å². The number of hydrogen-bond donors (Lipinski definition) is 1. The van der Waals surface area contributed by atoms with Gasteiger partial charge in [0.05, 0.1) is 18.4 Å². The van der Waals surface area contributed by atoms with Crippen LogP contribution in [0.2, 0.25) is 0 Å². The van der Waals surface area contributed by atoms with E-state index in [4.69, 9.17) is 10.5 Å². The van der Waals surface area contributed by atoms with Gasteiger partial charge in [0.2, 0.25) is 0 Å². The lowest BCUT2D eigenvalue weighted by Crippen LogP contribution is -2.05. The molecule has 0 aliphatic rings. The van der Waals surface area contributed by atoms with Gasteiger partial charge in [-0.25, -0.2) is 13.6 Å². The molecule has 0 radical (unpaired) electrons. The molecule has 0 unspecified atom stereocenters. The Bertz CT molecular complexity index is 674. The molecule has 0 atom stereocenters. The van der Waals surface area contributed by atoms with Gasteiger partial charge in [0.1, 0.15) is 24.0 Å². The normalized spacial score (nSPS) is 10.2. The third-order valence-electron chi connectivity index (χ3n) is 2.83. The summed E-state index contributed by atoms with van der Waals surface area (Å²) in [6.07, 6.45) is 0. The van der Waals surface area contributed by atoms with Crippen molar-refractivity contribution in [1.29, 1.82) is 0 Å². The van der Waals surface area contributed by atoms with Crippen molar-refractivity contribution >= 4 is 11.7 Å². The summed E-state index contributed by atoms with van der Waals surface area (Å²) < 4.78 is 36.5. The third-order valence-corrected chi connectivity index (χ3v) is 2.83. The van der Waals surface area contributed by atoms with Gasteiger partial charge in [-0.05, 0) is 36.4 Å². The molecule has 0 spiro atoms. The average molecular weight is 293 g/mol. The number of rotatable bonds is 4. The zero-order chi connectivity index (χ0) is 15.4. The SMILES string of the molecule is COC(=O)c1ccc(N)c(OCc2cc(F)ccc2F)c1. The fourth-order valence-corrected chi connectivity index (χ4v) is 1.71. The second-order valence-corrected chi connectivity index (χ2v) is 4.27. The van der Waals surface area contributed by atoms with Crippen molar-refractivity contribution < 1.29 is 23.0 Å². The minimum absolute atomic E-state index is 0.0536. The van der Waals surface area contributed by atoms with Gasteiger partial charge in [-0.15, -0.1) is 0 Å². The van der Waals surface area contributed by atoms with Gasteiger partial charge in [0.15, 0.2) is 0 Å². The van der Waals surface area contributed by atoms with Crippen LogP contribution in [0.4, 0.5) is 14.5 Å². The molecular weight excluding hydrogens is 280 g/mol. The maximum Gasteiger partial charge on any atom is 0.337 e. The third kappa shape index (κ3) is 3.47. The minimum atomic E-state index is -0.584. The number of ether oxygens (including phenoxy) is 2. The Labute approximate surface area is 120 Å². The van der Waals surface area contributed by atoms with E-state index in [9.17, 15) is 13.6 Å². The molecule has 6 heteroatoms. The molecule has 0 heterocycles. The van der Waals surface area contributed by atoms with Crippen molar-refractivity contribution in [2.75, 3.05) is 12.8 Å². The highest BCUT2D eigenvalue weighted by molar-refractivity contribution is 5.90. The topological polar surface area (TPSA) is 61.5 Å². The largest absolute Gasteiger partial charge is 0.487 e. The van der Waals surface area contributed by atoms with Gasteiger partial charge in [-0.3, -0.25) is 0 Å². The summed E-state index contributed by atoms with van der Waals surface area (Å²) in [4.78, 5) is 11.4. The highest BCUT2D eigenvalue weighted by atomic mass is 19.1. The summed E-state index contributed by atoms with van der Waals surface area (Å²) in [6, 6.07) is 7.42. The average Bonchev–Trinajstić information content (AvgIpc) is 2.48. The number of anilines is 1. The van der Waals surface area contributed by atoms with Crippen LogP contribution in [0.15, 0.2) is 36.4 Å². The predicted molar refractivity (Wildman–Crippen MR) is 72.9 cm³/mol. The number of esters is 1. The number of nitrogens with two attached hydrogens (primary N) is 1. The number of nitrogen functional groups attached to an aromatic ring is 1. The van der Waals surface area contributed by atoms with Gasteiger partial charge >= 0.3 is 5.97 Å². The van der Waals surface area contributed by atoms with Crippen molar-refractivity contribution in [3.05, 3.63) is 59.2 Å². The molecule has 0 bridgehead atoms. The molecule has 2 aromatic carbocycles. The fourth-order valence-electron chi connectivity index (χ4n) is 1.71. The fraction of sp³-hybridized carbons (Fsp3) is 0.133. The first-order valence-electron chi connectivity index (χ1n) is 6.06. The van der Waals surface area contributed by atoms with Crippen LogP contribution in [0, 0.1) is 11.6 Å². The first-order valence-corrected chi connectivity index (χ1v) is 6.06. The van der Waals surface area contributed by atoms with Crippen molar-refractivity contribution in [3.8, 4) is 5.75 Å². The lowest BCUT2D eigenvalue weighted by atomic mass is 10.2. The summed E-state index contributed by atoms with van der Waals surface area (Å²) in [5.74, 6) is -1.50. The predicted octanol–water partition coefficient (Wildman–Crippen LogP) is 2.91. The Balaban J connectivity index is 2.19. The van der Waals surface area contributed by atoms with Crippen LogP contribution in [0.1, 0.15) is 15.9 Å². The van der Waals surface area contributed by atoms with Crippen LogP contribution in [-0.4, -0.2) is 13.1 Å². The lowest BCUT2D eigenvalue weighted by molar-refractivity contribution is 0.0600. The monoisotopic (exact) mass is 293 g/mol. The standard InChI is InChI=1S/C15H13F2NO3/c1-20-15(19)9-2-5-13(18)14(7-9)21-8-10-6-11(16)3-4-12(10)17/h2-7H,8,18H2,1H3. The summed E-state index contributed by atoms with van der Waals surface area (Å²) in [7, 11) is 1.25. The van der Waals surface area contributed by atoms with E-state index in [1.807, 2.05) is 0 Å². The Morgan fingerprint density at radius 3 is 2.67 bits per heavy atom. The van der Waals surface area contributed by atoms with Crippen LogP contribution < -0.4 is 10.5 Å². The highest BCUT2D eigenvalue weighted by Crippen LogP contribution is 2.24. The molecule has 0 aliphatic heterocycles. The van der Waals surface area contributed by atoms with Gasteiger partial charge in [0, 0.05) is 5.56 Å². The summed E-state index contributed by atoms with van der Waals surface area (Å²) >= 11 is 0. The lowest BCUT2D eigenvalue weighted by Gasteiger charge is -2.11. The number of halogens is 2. The number of carbonyl (C=O) groups excluding carboxylic acids is 1. The maximum absolute atomic E-state index is 13.5. The van der Waals surface area contributed by atoms with Crippen molar-refractivity contribution in [1.82, 2.24) is 0 Å². The Morgan fingerprint density at radius 2 is 1.95 bits per heavy atom. The Kier molecular flexibility index (Phi) is 4.37. The van der Waals surface area contributed by atoms with E-state index in [1.54, 1.807) is 0 Å². The molecule has 0 saturated carbocycles. The molecular formula is C15H13F2NO3. The van der Waals surface area contributed by atoms with E-state index in [0.29, 0.717) is 0 Å². The zero-order valence-corrected chi connectivity index (χ0v) is 11.2. The molecule has 0 aliphatic carbocycles. The van der Waals surface area contributed by atoms with E-state index in [0.717, 1.165) is 18.2 Å². The molecule has 0 aromatic heterocycles. The first-order chi connectivity index (χ1) is 10.0. The molecule has 0 saturated heterocycles. The van der Waals surface area contributed by atoms with Crippen LogP contribution in [0.5, 0.6) is 5.75 Å². The second kappa shape index (κ2) is 6.21. The Morgan fingerprint density at radius 1 is 1.19 bits per heavy atom.